The van der Waals surface area contributed by atoms with Gasteiger partial charge in [-0.2, -0.15) is 0 Å². The Labute approximate surface area is 157 Å². The highest BCUT2D eigenvalue weighted by Gasteiger charge is 2.18. The van der Waals surface area contributed by atoms with Gasteiger partial charge in [0.1, 0.15) is 5.75 Å². The minimum atomic E-state index is 0.0911. The van der Waals surface area contributed by atoms with Crippen molar-refractivity contribution in [1.29, 1.82) is 0 Å². The molecule has 2 aromatic rings. The van der Waals surface area contributed by atoms with Gasteiger partial charge in [-0.1, -0.05) is 24.4 Å². The molecule has 0 aliphatic carbocycles. The van der Waals surface area contributed by atoms with Crippen molar-refractivity contribution in [2.45, 2.75) is 32.2 Å². The number of ether oxygens (including phenoxy) is 1. The molecule has 2 heterocycles. The maximum atomic E-state index is 12.8. The highest BCUT2D eigenvalue weighted by Crippen LogP contribution is 2.28. The van der Waals surface area contributed by atoms with E-state index in [1.54, 1.807) is 13.3 Å². The number of anilines is 1. The molecule has 0 spiro atoms. The van der Waals surface area contributed by atoms with Crippen molar-refractivity contribution in [3.63, 3.8) is 0 Å². The van der Waals surface area contributed by atoms with E-state index in [0.29, 0.717) is 22.3 Å². The first-order valence-electron chi connectivity index (χ1n) is 8.49. The Morgan fingerprint density at radius 1 is 1.32 bits per heavy atom. The number of nitrogens with one attached hydrogen (secondary N) is 1. The molecule has 5 nitrogen and oxygen atoms in total. The summed E-state index contributed by atoms with van der Waals surface area (Å²) in [4.78, 5) is 19.8. The van der Waals surface area contributed by atoms with Gasteiger partial charge in [0.25, 0.3) is 5.91 Å². The first-order valence-corrected chi connectivity index (χ1v) is 9.68. The van der Waals surface area contributed by atoms with Gasteiger partial charge < -0.3 is 15.0 Å². The number of methoxy groups -OCH3 is 1. The first kappa shape index (κ1) is 18.0. The fraction of sp³-hybridized carbons (Fsp3) is 0.444. The van der Waals surface area contributed by atoms with Crippen LogP contribution in [0, 0.1) is 0 Å². The Hall–Kier alpha value is -1.79. The van der Waals surface area contributed by atoms with E-state index < -0.39 is 0 Å². The minimum absolute atomic E-state index is 0.0911. The zero-order valence-corrected chi connectivity index (χ0v) is 15.8. The maximum absolute atomic E-state index is 12.8. The summed E-state index contributed by atoms with van der Waals surface area (Å²) >= 11 is 7.30. The number of carbonyl (C=O) groups excluding carboxylic acids is 1. The molecule has 134 valence electrons. The van der Waals surface area contributed by atoms with Crippen LogP contribution < -0.4 is 10.1 Å². The lowest BCUT2D eigenvalue weighted by atomic mass is 10.1. The number of halogens is 1. The van der Waals surface area contributed by atoms with Crippen LogP contribution in [0.3, 0.4) is 0 Å². The van der Waals surface area contributed by atoms with E-state index in [9.17, 15) is 4.79 Å². The minimum Gasteiger partial charge on any atom is -0.495 e. The fourth-order valence-corrected chi connectivity index (χ4v) is 3.90. The summed E-state index contributed by atoms with van der Waals surface area (Å²) in [5.74, 6) is 0.802. The molecular formula is C18H22ClN3O2S. The molecule has 0 atom stereocenters. The largest absolute Gasteiger partial charge is 0.495 e. The van der Waals surface area contributed by atoms with Crippen molar-refractivity contribution >= 4 is 34.5 Å². The predicted octanol–water partition coefficient (Wildman–Crippen LogP) is 4.43. The smallest absolute Gasteiger partial charge is 0.253 e. The molecule has 1 fully saturated rings. The normalized spacial score (nSPS) is 14.9. The topological polar surface area (TPSA) is 54.5 Å². The lowest BCUT2D eigenvalue weighted by Crippen LogP contribution is -2.31. The van der Waals surface area contributed by atoms with Gasteiger partial charge in [-0.25, -0.2) is 4.98 Å². The van der Waals surface area contributed by atoms with E-state index in [1.165, 1.54) is 24.2 Å². The first-order chi connectivity index (χ1) is 12.2. The van der Waals surface area contributed by atoms with Crippen molar-refractivity contribution < 1.29 is 9.53 Å². The summed E-state index contributed by atoms with van der Waals surface area (Å²) < 4.78 is 5.94. The van der Waals surface area contributed by atoms with E-state index >= 15 is 0 Å². The number of nitrogens with zero attached hydrogens (tertiary/aromatic N) is 2. The van der Waals surface area contributed by atoms with Crippen LogP contribution in [-0.2, 0) is 6.54 Å². The number of rotatable bonds is 5. The molecule has 0 saturated carbocycles. The summed E-state index contributed by atoms with van der Waals surface area (Å²) in [6.07, 6.45) is 6.32. The van der Waals surface area contributed by atoms with E-state index in [0.717, 1.165) is 36.5 Å². The van der Waals surface area contributed by atoms with E-state index in [1.807, 2.05) is 23.1 Å². The standard InChI is InChI=1S/C18H22ClN3O2S/c1-24-16-7-6-13(17(23)22-8-4-2-3-5-9-22)10-15(16)20-11-14-12-21-18(19)25-14/h6-7,10,12,20H,2-5,8-9,11H2,1H3. The van der Waals surface area contributed by atoms with Gasteiger partial charge in [0, 0.05) is 29.7 Å². The number of amides is 1. The van der Waals surface area contributed by atoms with Crippen LogP contribution in [0.15, 0.2) is 24.4 Å². The molecule has 1 aromatic heterocycles. The van der Waals surface area contributed by atoms with E-state index in [-0.39, 0.29) is 5.91 Å². The number of carbonyl (C=O) groups is 1. The average Bonchev–Trinajstić information content (AvgIpc) is 2.87. The maximum Gasteiger partial charge on any atom is 0.253 e. The number of hydrogen-bond donors (Lipinski definition) is 1. The second kappa shape index (κ2) is 8.54. The third-order valence-corrected chi connectivity index (χ3v) is 5.43. The molecule has 25 heavy (non-hydrogen) atoms. The fourth-order valence-electron chi connectivity index (χ4n) is 2.98. The molecule has 1 N–H and O–H groups in total. The van der Waals surface area contributed by atoms with Gasteiger partial charge in [0.05, 0.1) is 19.3 Å². The van der Waals surface area contributed by atoms with Crippen LogP contribution in [0.2, 0.25) is 4.47 Å². The third kappa shape index (κ3) is 4.64. The molecule has 0 radical (unpaired) electrons. The SMILES string of the molecule is COc1ccc(C(=O)N2CCCCCC2)cc1NCc1cnc(Cl)s1. The molecule has 1 aromatic carbocycles. The predicted molar refractivity (Wildman–Crippen MR) is 102 cm³/mol. The van der Waals surface area contributed by atoms with Crippen LogP contribution in [0.25, 0.3) is 0 Å². The van der Waals surface area contributed by atoms with Crippen LogP contribution in [0.4, 0.5) is 5.69 Å². The van der Waals surface area contributed by atoms with Gasteiger partial charge in [-0.05, 0) is 31.0 Å². The lowest BCUT2D eigenvalue weighted by Gasteiger charge is -2.21. The van der Waals surface area contributed by atoms with E-state index in [4.69, 9.17) is 16.3 Å². The van der Waals surface area contributed by atoms with Crippen LogP contribution in [0.5, 0.6) is 5.75 Å². The Morgan fingerprint density at radius 2 is 2.08 bits per heavy atom. The molecular weight excluding hydrogens is 358 g/mol. The molecule has 1 amide bonds. The lowest BCUT2D eigenvalue weighted by molar-refractivity contribution is 0.0761. The molecule has 0 unspecified atom stereocenters. The molecule has 1 aliphatic heterocycles. The Morgan fingerprint density at radius 3 is 2.72 bits per heavy atom. The summed E-state index contributed by atoms with van der Waals surface area (Å²) in [6, 6.07) is 5.54. The molecule has 1 aliphatic rings. The monoisotopic (exact) mass is 379 g/mol. The zero-order chi connectivity index (χ0) is 17.6. The third-order valence-electron chi connectivity index (χ3n) is 4.32. The molecule has 1 saturated heterocycles. The molecule has 7 heteroatoms. The van der Waals surface area contributed by atoms with Gasteiger partial charge in [-0.15, -0.1) is 11.3 Å². The Bertz CT molecular complexity index is 727. The Kier molecular flexibility index (Phi) is 6.15. The van der Waals surface area contributed by atoms with Crippen LogP contribution >= 0.6 is 22.9 Å². The number of likely N-dealkylation sites (tertiary alicyclic amines) is 1. The highest BCUT2D eigenvalue weighted by molar-refractivity contribution is 7.15. The van der Waals surface area contributed by atoms with Crippen LogP contribution in [0.1, 0.15) is 40.9 Å². The Balaban J connectivity index is 1.75. The summed E-state index contributed by atoms with van der Waals surface area (Å²) in [7, 11) is 1.63. The summed E-state index contributed by atoms with van der Waals surface area (Å²) in [5.41, 5.74) is 1.49. The van der Waals surface area contributed by atoms with Crippen molar-refractivity contribution in [2.75, 3.05) is 25.5 Å². The second-order valence-electron chi connectivity index (χ2n) is 6.05. The number of aromatic nitrogens is 1. The molecule has 3 rings (SSSR count). The summed E-state index contributed by atoms with van der Waals surface area (Å²) in [5, 5.41) is 3.32. The van der Waals surface area contributed by atoms with Gasteiger partial charge in [0.15, 0.2) is 4.47 Å². The quantitative estimate of drug-likeness (QED) is 0.834. The van der Waals surface area contributed by atoms with Gasteiger partial charge >= 0.3 is 0 Å². The number of hydrogen-bond acceptors (Lipinski definition) is 5. The van der Waals surface area contributed by atoms with Crippen LogP contribution in [-0.4, -0.2) is 36.0 Å². The van der Waals surface area contributed by atoms with E-state index in [2.05, 4.69) is 10.3 Å². The average molecular weight is 380 g/mol. The molecule has 0 bridgehead atoms. The number of benzene rings is 1. The van der Waals surface area contributed by atoms with Crippen molar-refractivity contribution in [2.24, 2.45) is 0 Å². The van der Waals surface area contributed by atoms with Crippen molar-refractivity contribution in [3.8, 4) is 5.75 Å². The van der Waals surface area contributed by atoms with Gasteiger partial charge in [0.2, 0.25) is 0 Å². The highest BCUT2D eigenvalue weighted by atomic mass is 35.5. The zero-order valence-electron chi connectivity index (χ0n) is 14.3. The number of thiazole rings is 1. The second-order valence-corrected chi connectivity index (χ2v) is 7.75. The summed E-state index contributed by atoms with van der Waals surface area (Å²) in [6.45, 7) is 2.27. The van der Waals surface area contributed by atoms with Crippen molar-refractivity contribution in [3.05, 3.63) is 39.3 Å². The van der Waals surface area contributed by atoms with Gasteiger partial charge in [-0.3, -0.25) is 4.79 Å². The van der Waals surface area contributed by atoms with Crippen molar-refractivity contribution in [1.82, 2.24) is 9.88 Å².